The highest BCUT2D eigenvalue weighted by molar-refractivity contribution is 7.87. The molecule has 4 aromatic rings. The lowest BCUT2D eigenvalue weighted by atomic mass is 10.0. The minimum atomic E-state index is -4.07. The minimum Gasteiger partial charge on any atom is -0.494 e. The van der Waals surface area contributed by atoms with E-state index in [0.717, 1.165) is 0 Å². The van der Waals surface area contributed by atoms with Gasteiger partial charge in [0, 0.05) is 12.1 Å². The first-order valence-electron chi connectivity index (χ1n) is 10.4. The molecule has 3 aromatic carbocycles. The first-order valence-corrected chi connectivity index (χ1v) is 11.8. The molecule has 7 nitrogen and oxygen atoms in total. The summed E-state index contributed by atoms with van der Waals surface area (Å²) in [4.78, 5) is 13.3. The van der Waals surface area contributed by atoms with Crippen LogP contribution in [0.3, 0.4) is 0 Å². The third-order valence-electron chi connectivity index (χ3n) is 4.83. The van der Waals surface area contributed by atoms with Gasteiger partial charge in [0.25, 0.3) is 0 Å². The van der Waals surface area contributed by atoms with Crippen LogP contribution in [0.1, 0.15) is 13.8 Å². The van der Waals surface area contributed by atoms with Gasteiger partial charge in [0.05, 0.1) is 18.8 Å². The van der Waals surface area contributed by atoms with E-state index in [1.54, 1.807) is 49.4 Å². The number of fused-ring (bicyclic) bond motifs is 1. The standard InChI is InChI=1S/C25H22O7S/c1-3-29-18-12-10-17(11-13-18)21-16-31-23-15-19(14-22(30-4-2)24(23)25(21)26)32-33(27,28)20-8-6-5-7-9-20/h5-16H,3-4H2,1-2H3. The Kier molecular flexibility index (Phi) is 6.37. The zero-order valence-electron chi connectivity index (χ0n) is 18.1. The lowest BCUT2D eigenvalue weighted by Gasteiger charge is -2.12. The third-order valence-corrected chi connectivity index (χ3v) is 6.09. The largest absolute Gasteiger partial charge is 0.494 e. The Morgan fingerprint density at radius 2 is 1.55 bits per heavy atom. The van der Waals surface area contributed by atoms with Crippen molar-refractivity contribution in [3.63, 3.8) is 0 Å². The van der Waals surface area contributed by atoms with Gasteiger partial charge in [-0.1, -0.05) is 30.3 Å². The maximum atomic E-state index is 13.3. The van der Waals surface area contributed by atoms with Gasteiger partial charge in [0.1, 0.15) is 39.4 Å². The molecule has 0 bridgehead atoms. The van der Waals surface area contributed by atoms with Crippen molar-refractivity contribution >= 4 is 21.1 Å². The molecule has 0 unspecified atom stereocenters. The maximum Gasteiger partial charge on any atom is 0.339 e. The Morgan fingerprint density at radius 1 is 0.848 bits per heavy atom. The molecular formula is C25H22O7S. The van der Waals surface area contributed by atoms with E-state index in [0.29, 0.717) is 23.5 Å². The zero-order chi connectivity index (χ0) is 23.4. The van der Waals surface area contributed by atoms with Gasteiger partial charge in [0.15, 0.2) is 0 Å². The van der Waals surface area contributed by atoms with Crippen LogP contribution in [0, 0.1) is 0 Å². The Balaban J connectivity index is 1.78. The summed E-state index contributed by atoms with van der Waals surface area (Å²) < 4.78 is 47.3. The van der Waals surface area contributed by atoms with Crippen molar-refractivity contribution in [2.24, 2.45) is 0 Å². The average Bonchev–Trinajstić information content (AvgIpc) is 2.80. The van der Waals surface area contributed by atoms with E-state index < -0.39 is 10.1 Å². The molecule has 0 amide bonds. The Morgan fingerprint density at radius 3 is 2.21 bits per heavy atom. The lowest BCUT2D eigenvalue weighted by molar-refractivity contribution is 0.340. The molecule has 1 heterocycles. The van der Waals surface area contributed by atoms with Crippen LogP contribution in [-0.2, 0) is 10.1 Å². The van der Waals surface area contributed by atoms with E-state index in [2.05, 4.69) is 0 Å². The third kappa shape index (κ3) is 4.70. The highest BCUT2D eigenvalue weighted by Crippen LogP contribution is 2.33. The molecule has 1 aromatic heterocycles. The van der Waals surface area contributed by atoms with Gasteiger partial charge >= 0.3 is 10.1 Å². The Hall–Kier alpha value is -3.78. The molecule has 0 aliphatic carbocycles. The molecule has 0 aliphatic heterocycles. The number of hydrogen-bond donors (Lipinski definition) is 0. The summed E-state index contributed by atoms with van der Waals surface area (Å²) >= 11 is 0. The first kappa shape index (κ1) is 22.4. The van der Waals surface area contributed by atoms with Crippen molar-refractivity contribution in [1.82, 2.24) is 0 Å². The van der Waals surface area contributed by atoms with Crippen LogP contribution in [-0.4, -0.2) is 21.6 Å². The molecule has 0 fully saturated rings. The average molecular weight is 467 g/mol. The van der Waals surface area contributed by atoms with Gasteiger partial charge in [-0.25, -0.2) is 0 Å². The molecule has 0 aliphatic rings. The zero-order valence-corrected chi connectivity index (χ0v) is 18.9. The van der Waals surface area contributed by atoms with Crippen molar-refractivity contribution in [3.05, 3.63) is 83.2 Å². The number of ether oxygens (including phenoxy) is 2. The lowest BCUT2D eigenvalue weighted by Crippen LogP contribution is -2.11. The molecule has 170 valence electrons. The number of benzene rings is 3. The number of rotatable bonds is 8. The van der Waals surface area contributed by atoms with Crippen LogP contribution < -0.4 is 19.1 Å². The SMILES string of the molecule is CCOc1ccc(-c2coc3cc(OS(=O)(=O)c4ccccc4)cc(OCC)c3c2=O)cc1. The van der Waals surface area contributed by atoms with Crippen LogP contribution >= 0.6 is 0 Å². The topological polar surface area (TPSA) is 92.0 Å². The van der Waals surface area contributed by atoms with Crippen molar-refractivity contribution < 1.29 is 26.5 Å². The summed E-state index contributed by atoms with van der Waals surface area (Å²) in [7, 11) is -4.07. The monoisotopic (exact) mass is 466 g/mol. The fourth-order valence-electron chi connectivity index (χ4n) is 3.37. The molecule has 0 saturated carbocycles. The van der Waals surface area contributed by atoms with Gasteiger partial charge in [-0.2, -0.15) is 8.42 Å². The summed E-state index contributed by atoms with van der Waals surface area (Å²) in [5.41, 5.74) is 0.848. The molecule has 0 saturated heterocycles. The van der Waals surface area contributed by atoms with Crippen LogP contribution in [0.4, 0.5) is 0 Å². The van der Waals surface area contributed by atoms with Crippen molar-refractivity contribution in [3.8, 4) is 28.4 Å². The van der Waals surface area contributed by atoms with Crippen LogP contribution in [0.15, 0.2) is 87.1 Å². The number of hydrogen-bond acceptors (Lipinski definition) is 7. The molecule has 33 heavy (non-hydrogen) atoms. The molecule has 0 N–H and O–H groups in total. The fourth-order valence-corrected chi connectivity index (χ4v) is 4.31. The summed E-state index contributed by atoms with van der Waals surface area (Å²) in [5, 5.41) is 0.202. The first-order chi connectivity index (χ1) is 15.9. The smallest absolute Gasteiger partial charge is 0.339 e. The molecule has 0 spiro atoms. The second-order valence-corrected chi connectivity index (χ2v) is 8.56. The predicted octanol–water partition coefficient (Wildman–Crippen LogP) is 5.03. The van der Waals surface area contributed by atoms with Crippen molar-refractivity contribution in [1.29, 1.82) is 0 Å². The Labute approximate surface area is 191 Å². The van der Waals surface area contributed by atoms with Gasteiger partial charge in [0.2, 0.25) is 5.43 Å². The van der Waals surface area contributed by atoms with Gasteiger partial charge in [-0.3, -0.25) is 4.79 Å². The fraction of sp³-hybridized carbons (Fsp3) is 0.160. The summed E-state index contributed by atoms with van der Waals surface area (Å²) in [6, 6.07) is 17.6. The van der Waals surface area contributed by atoms with E-state index in [9.17, 15) is 13.2 Å². The second-order valence-electron chi connectivity index (χ2n) is 7.01. The van der Waals surface area contributed by atoms with Crippen LogP contribution in [0.5, 0.6) is 17.2 Å². The highest BCUT2D eigenvalue weighted by Gasteiger charge is 2.20. The predicted molar refractivity (Wildman–Crippen MR) is 125 cm³/mol. The van der Waals surface area contributed by atoms with Gasteiger partial charge < -0.3 is 18.1 Å². The van der Waals surface area contributed by atoms with E-state index in [-0.39, 0.29) is 39.4 Å². The summed E-state index contributed by atoms with van der Waals surface area (Å²) in [6.45, 7) is 4.46. The molecule has 0 atom stereocenters. The summed E-state index contributed by atoms with van der Waals surface area (Å²) in [5.74, 6) is 0.851. The van der Waals surface area contributed by atoms with Gasteiger partial charge in [-0.05, 0) is 43.7 Å². The quantitative estimate of drug-likeness (QED) is 0.337. The van der Waals surface area contributed by atoms with E-state index in [1.807, 2.05) is 6.92 Å². The van der Waals surface area contributed by atoms with Crippen LogP contribution in [0.25, 0.3) is 22.1 Å². The van der Waals surface area contributed by atoms with E-state index in [1.165, 1.54) is 30.5 Å². The molecule has 4 rings (SSSR count). The Bertz CT molecular complexity index is 1420. The van der Waals surface area contributed by atoms with Crippen molar-refractivity contribution in [2.75, 3.05) is 13.2 Å². The highest BCUT2D eigenvalue weighted by atomic mass is 32.2. The molecular weight excluding hydrogens is 444 g/mol. The van der Waals surface area contributed by atoms with Crippen LogP contribution in [0.2, 0.25) is 0 Å². The van der Waals surface area contributed by atoms with E-state index in [4.69, 9.17) is 18.1 Å². The van der Waals surface area contributed by atoms with E-state index >= 15 is 0 Å². The molecule has 8 heteroatoms. The van der Waals surface area contributed by atoms with Crippen molar-refractivity contribution in [2.45, 2.75) is 18.7 Å². The maximum absolute atomic E-state index is 13.3. The molecule has 0 radical (unpaired) electrons. The minimum absolute atomic E-state index is 0.00959. The van der Waals surface area contributed by atoms with Gasteiger partial charge in [-0.15, -0.1) is 0 Å². The second kappa shape index (κ2) is 9.38. The normalized spacial score (nSPS) is 11.3. The summed E-state index contributed by atoms with van der Waals surface area (Å²) in [6.07, 6.45) is 1.34.